The molecule has 4 rings (SSSR count). The molecule has 294 valence electrons. The molecule has 1 fully saturated rings. The molecule has 4 atom stereocenters. The Bertz CT molecular complexity index is 1750. The van der Waals surface area contributed by atoms with Gasteiger partial charge < -0.3 is 19.7 Å². The van der Waals surface area contributed by atoms with Gasteiger partial charge >= 0.3 is 12.1 Å². The molecule has 13 nitrogen and oxygen atoms in total. The molecule has 1 saturated carbocycles. The van der Waals surface area contributed by atoms with E-state index in [2.05, 4.69) is 32.8 Å². The maximum atomic E-state index is 14.5. The van der Waals surface area contributed by atoms with Gasteiger partial charge in [0.15, 0.2) is 23.0 Å². The lowest BCUT2D eigenvalue weighted by molar-refractivity contribution is -0.130. The van der Waals surface area contributed by atoms with Crippen LogP contribution < -0.4 is 4.74 Å². The number of ketones is 2. The van der Waals surface area contributed by atoms with Crippen molar-refractivity contribution >= 4 is 29.3 Å². The molecule has 1 amide bonds. The number of ether oxygens (including phenoxy) is 2. The number of amides is 1. The van der Waals surface area contributed by atoms with Gasteiger partial charge in [-0.25, -0.2) is 19.1 Å². The van der Waals surface area contributed by atoms with E-state index in [1.54, 1.807) is 0 Å². The number of nitrogens with one attached hydrogen (secondary N) is 1. The van der Waals surface area contributed by atoms with Gasteiger partial charge in [0.05, 0.1) is 13.1 Å². The van der Waals surface area contributed by atoms with Crippen LogP contribution >= 0.6 is 0 Å². The molecular weight excluding hydrogens is 690 g/mol. The number of rotatable bonds is 19. The van der Waals surface area contributed by atoms with Crippen LogP contribution in [-0.4, -0.2) is 84.7 Å². The van der Waals surface area contributed by atoms with E-state index in [4.69, 9.17) is 14.5 Å². The van der Waals surface area contributed by atoms with Gasteiger partial charge in [-0.2, -0.15) is 5.26 Å². The Kier molecular flexibility index (Phi) is 15.4. The van der Waals surface area contributed by atoms with Crippen LogP contribution in [0.5, 0.6) is 5.88 Å². The number of aliphatic hydroxyl groups excluding tert-OH is 2. The molecule has 13 heteroatoms. The van der Waals surface area contributed by atoms with E-state index in [9.17, 15) is 34.7 Å². The monoisotopic (exact) mass is 747 g/mol. The van der Waals surface area contributed by atoms with Crippen LogP contribution in [0.15, 0.2) is 24.3 Å². The molecule has 54 heavy (non-hydrogen) atoms. The van der Waals surface area contributed by atoms with Crippen molar-refractivity contribution in [3.8, 4) is 23.3 Å². The third kappa shape index (κ3) is 10.4. The average Bonchev–Trinajstić information content (AvgIpc) is 3.70. The van der Waals surface area contributed by atoms with Crippen LogP contribution in [-0.2, 0) is 20.7 Å². The molecule has 2 heterocycles. The molecule has 3 aromatic rings. The van der Waals surface area contributed by atoms with Crippen molar-refractivity contribution in [2.24, 2.45) is 17.8 Å². The normalized spacial score (nSPS) is 19.5. The molecule has 0 aliphatic heterocycles. The third-order valence-electron chi connectivity index (χ3n) is 10.4. The molecule has 2 aromatic heterocycles. The number of aryl methyl sites for hydroxylation is 1. The second kappa shape index (κ2) is 19.7. The molecule has 0 spiro atoms. The molecule has 3 N–H and O–H groups in total. The molecule has 1 aromatic carbocycles. The van der Waals surface area contributed by atoms with Crippen LogP contribution in [0.3, 0.4) is 0 Å². The molecule has 0 radical (unpaired) electrons. The van der Waals surface area contributed by atoms with E-state index in [0.29, 0.717) is 17.3 Å². The Hall–Kier alpha value is -4.54. The number of fused-ring (bicyclic) bond motifs is 1. The smallest absolute Gasteiger partial charge is 0.417 e. The van der Waals surface area contributed by atoms with Crippen molar-refractivity contribution in [3.05, 3.63) is 41.0 Å². The summed E-state index contributed by atoms with van der Waals surface area (Å²) in [7, 11) is 0. The SMILES string of the molecule is CCCCc1ccc(-c2nc3c(C(=O)OC4C(CCCC)CC(C)CC4CCCC)c(C#N)c(OC(=O)N(CC(=O)C(C)O)CC(=O)C(C)O)n3[nH]2)cc1. The minimum absolute atomic E-state index is 0.00969. The van der Waals surface area contributed by atoms with Gasteiger partial charge in [-0.1, -0.05) is 84.1 Å². The highest BCUT2D eigenvalue weighted by molar-refractivity contribution is 6.01. The van der Waals surface area contributed by atoms with E-state index < -0.39 is 48.9 Å². The van der Waals surface area contributed by atoms with Crippen molar-refractivity contribution in [2.45, 2.75) is 130 Å². The molecule has 4 unspecified atom stereocenters. The van der Waals surface area contributed by atoms with Crippen molar-refractivity contribution < 1.29 is 38.9 Å². The zero-order chi connectivity index (χ0) is 39.5. The largest absolute Gasteiger partial charge is 0.458 e. The number of hydrogen-bond donors (Lipinski definition) is 3. The standard InChI is InChI=1S/C41H57N5O8/c1-7-10-13-28-16-18-29(19-17-28)37-43-38-35(40(51)53-36-30(14-11-8-2)20-25(4)21-31(36)15-12-9-3)32(22-42)39(46(38)44-37)54-41(52)45(23-33(49)26(5)47)24-34(50)27(6)48/h16-19,25-27,30-31,36,47-48H,7-15,20-21,23-24H2,1-6H3,(H,43,44). The number of benzene rings is 1. The summed E-state index contributed by atoms with van der Waals surface area (Å²) < 4.78 is 13.4. The summed E-state index contributed by atoms with van der Waals surface area (Å²) in [6.45, 7) is 9.67. The summed E-state index contributed by atoms with van der Waals surface area (Å²) in [6, 6.07) is 9.78. The van der Waals surface area contributed by atoms with E-state index in [-0.39, 0.29) is 40.6 Å². The van der Waals surface area contributed by atoms with Crippen molar-refractivity contribution in [2.75, 3.05) is 13.1 Å². The van der Waals surface area contributed by atoms with E-state index in [1.807, 2.05) is 30.3 Å². The van der Waals surface area contributed by atoms with Gasteiger partial charge in [0.2, 0.25) is 5.88 Å². The summed E-state index contributed by atoms with van der Waals surface area (Å²) in [5.74, 6) is -1.59. The summed E-state index contributed by atoms with van der Waals surface area (Å²) in [6.07, 6.45) is 6.21. The summed E-state index contributed by atoms with van der Waals surface area (Å²) in [4.78, 5) is 58.7. The number of Topliss-reactive ketones (excluding diaryl/α,β-unsaturated/α-hetero) is 2. The van der Waals surface area contributed by atoms with Crippen LogP contribution in [0, 0.1) is 29.1 Å². The highest BCUT2D eigenvalue weighted by Gasteiger charge is 2.40. The Morgan fingerprint density at radius 2 is 1.50 bits per heavy atom. The minimum Gasteiger partial charge on any atom is -0.458 e. The predicted molar refractivity (Wildman–Crippen MR) is 203 cm³/mol. The van der Waals surface area contributed by atoms with Gasteiger partial charge in [0.1, 0.15) is 35.5 Å². The number of hydrogen-bond acceptors (Lipinski definition) is 10. The van der Waals surface area contributed by atoms with E-state index in [1.165, 1.54) is 18.4 Å². The van der Waals surface area contributed by atoms with Crippen molar-refractivity contribution in [3.63, 3.8) is 0 Å². The lowest BCUT2D eigenvalue weighted by atomic mass is 9.70. The fraction of sp³-hybridized carbons (Fsp3) is 0.610. The molecule has 1 aliphatic carbocycles. The number of H-pyrrole nitrogens is 1. The fourth-order valence-electron chi connectivity index (χ4n) is 7.35. The van der Waals surface area contributed by atoms with Gasteiger partial charge in [0, 0.05) is 5.56 Å². The zero-order valence-electron chi connectivity index (χ0n) is 32.6. The highest BCUT2D eigenvalue weighted by atomic mass is 16.6. The second-order valence-electron chi connectivity index (χ2n) is 15.0. The molecular formula is C41H57N5O8. The van der Waals surface area contributed by atoms with Gasteiger partial charge in [0.25, 0.3) is 0 Å². The van der Waals surface area contributed by atoms with Crippen LogP contribution in [0.4, 0.5) is 4.79 Å². The highest BCUT2D eigenvalue weighted by Crippen LogP contribution is 2.41. The number of esters is 1. The van der Waals surface area contributed by atoms with E-state index >= 15 is 0 Å². The maximum absolute atomic E-state index is 14.5. The van der Waals surface area contributed by atoms with Crippen LogP contribution in [0.25, 0.3) is 17.0 Å². The van der Waals surface area contributed by atoms with Gasteiger partial charge in [-0.05, 0) is 75.7 Å². The van der Waals surface area contributed by atoms with Crippen LogP contribution in [0.2, 0.25) is 0 Å². The van der Waals surface area contributed by atoms with Crippen molar-refractivity contribution in [1.29, 1.82) is 5.26 Å². The van der Waals surface area contributed by atoms with Gasteiger partial charge in [-0.15, -0.1) is 0 Å². The predicted octanol–water partition coefficient (Wildman–Crippen LogP) is 6.81. The number of aromatic nitrogens is 3. The Morgan fingerprint density at radius 3 is 2.00 bits per heavy atom. The Morgan fingerprint density at radius 1 is 0.944 bits per heavy atom. The minimum atomic E-state index is -1.45. The topological polar surface area (TPSA) is 187 Å². The summed E-state index contributed by atoms with van der Waals surface area (Å²) in [5, 5.41) is 33.3. The summed E-state index contributed by atoms with van der Waals surface area (Å²) >= 11 is 0. The zero-order valence-corrected chi connectivity index (χ0v) is 32.6. The lowest BCUT2D eigenvalue weighted by Crippen LogP contribution is -2.45. The number of carbonyl (C=O) groups excluding carboxylic acids is 4. The molecule has 0 saturated heterocycles. The molecule has 1 aliphatic rings. The number of nitrogens with zero attached hydrogens (tertiary/aromatic N) is 4. The second-order valence-corrected chi connectivity index (χ2v) is 15.0. The van der Waals surface area contributed by atoms with E-state index in [0.717, 1.165) is 81.1 Å². The first-order valence-electron chi connectivity index (χ1n) is 19.6. The number of aliphatic hydroxyl groups is 2. The average molecular weight is 748 g/mol. The lowest BCUT2D eigenvalue weighted by Gasteiger charge is -2.40. The first-order chi connectivity index (χ1) is 25.8. The Labute approximate surface area is 318 Å². The Balaban J connectivity index is 1.82. The first-order valence-corrected chi connectivity index (χ1v) is 19.6. The third-order valence-corrected chi connectivity index (χ3v) is 10.4. The van der Waals surface area contributed by atoms with Gasteiger partial charge in [-0.3, -0.25) is 19.6 Å². The number of nitriles is 1. The summed E-state index contributed by atoms with van der Waals surface area (Å²) in [5.41, 5.74) is 1.37. The number of aromatic amines is 1. The van der Waals surface area contributed by atoms with Crippen molar-refractivity contribution in [1.82, 2.24) is 19.5 Å². The quantitative estimate of drug-likeness (QED) is 0.110. The molecule has 0 bridgehead atoms. The number of unbranched alkanes of at least 4 members (excludes halogenated alkanes) is 3. The first kappa shape index (κ1) is 42.2. The maximum Gasteiger partial charge on any atom is 0.417 e. The van der Waals surface area contributed by atoms with Crippen LogP contribution in [0.1, 0.15) is 127 Å². The number of carbonyl (C=O) groups is 4. The fourth-order valence-corrected chi connectivity index (χ4v) is 7.35.